The molecule has 0 atom stereocenters. The van der Waals surface area contributed by atoms with Gasteiger partial charge in [-0.05, 0) is 31.9 Å². The third kappa shape index (κ3) is 4.56. The fourth-order valence-electron chi connectivity index (χ4n) is 3.02. The minimum absolute atomic E-state index is 0.311. The maximum Gasteiger partial charge on any atom is 0.259 e. The van der Waals surface area contributed by atoms with Gasteiger partial charge < -0.3 is 4.74 Å². The van der Waals surface area contributed by atoms with Crippen LogP contribution in [0.4, 0.5) is 5.13 Å². The summed E-state index contributed by atoms with van der Waals surface area (Å²) < 4.78 is 5.40. The first-order valence-electron chi connectivity index (χ1n) is 9.12. The molecule has 0 saturated heterocycles. The number of nitrogens with zero attached hydrogens (tertiary/aromatic N) is 5. The van der Waals surface area contributed by atoms with Crippen LogP contribution < -0.4 is 10.1 Å². The smallest absolute Gasteiger partial charge is 0.259 e. The fourth-order valence-corrected chi connectivity index (χ4v) is 4.09. The second-order valence-corrected chi connectivity index (χ2v) is 8.00. The quantitative estimate of drug-likeness (QED) is 0.573. The van der Waals surface area contributed by atoms with Crippen molar-refractivity contribution >= 4 is 34.0 Å². The van der Waals surface area contributed by atoms with E-state index < -0.39 is 0 Å². The van der Waals surface area contributed by atoms with E-state index in [2.05, 4.69) is 32.1 Å². The molecule has 3 aromatic heterocycles. The van der Waals surface area contributed by atoms with Crippen molar-refractivity contribution in [2.45, 2.75) is 32.1 Å². The molecular weight excluding hydrogens is 424 g/mol. The number of halogens is 1. The maximum atomic E-state index is 13.0. The number of carbonyl (C=O) groups is 1. The number of pyridine rings is 2. The fraction of sp³-hybridized carbons (Fsp3) is 0.300. The van der Waals surface area contributed by atoms with Crippen LogP contribution in [0.1, 0.15) is 46.2 Å². The van der Waals surface area contributed by atoms with Crippen molar-refractivity contribution in [3.8, 4) is 23.4 Å². The van der Waals surface area contributed by atoms with Crippen LogP contribution in [0.15, 0.2) is 24.5 Å². The van der Waals surface area contributed by atoms with E-state index in [9.17, 15) is 4.79 Å². The van der Waals surface area contributed by atoms with Crippen molar-refractivity contribution < 1.29 is 9.53 Å². The summed E-state index contributed by atoms with van der Waals surface area (Å²) in [6.07, 6.45) is 6.57. The lowest BCUT2D eigenvalue weighted by Crippen LogP contribution is -2.14. The third-order valence-electron chi connectivity index (χ3n) is 4.74. The van der Waals surface area contributed by atoms with Crippen LogP contribution in [-0.2, 0) is 0 Å². The zero-order valence-corrected chi connectivity index (χ0v) is 18.0. The van der Waals surface area contributed by atoms with Gasteiger partial charge >= 0.3 is 0 Å². The number of anilines is 1. The average Bonchev–Trinajstić information content (AvgIpc) is 3.15. The Balaban J connectivity index is 0.00000124. The summed E-state index contributed by atoms with van der Waals surface area (Å²) in [5.41, 5.74) is 2.50. The number of methoxy groups -OCH3 is 1. The van der Waals surface area contributed by atoms with Crippen LogP contribution in [0.5, 0.6) is 5.75 Å². The van der Waals surface area contributed by atoms with Crippen molar-refractivity contribution in [1.29, 1.82) is 5.26 Å². The number of nitrogens with one attached hydrogen (secondary N) is 1. The van der Waals surface area contributed by atoms with Gasteiger partial charge in [-0.25, -0.2) is 10.2 Å². The molecule has 1 amide bonds. The lowest BCUT2D eigenvalue weighted by molar-refractivity contribution is 0.102. The highest BCUT2D eigenvalue weighted by atomic mass is 35.5. The molecule has 0 bridgehead atoms. The molecule has 8 nitrogen and oxygen atoms in total. The predicted octanol–water partition coefficient (Wildman–Crippen LogP) is 4.63. The van der Waals surface area contributed by atoms with Crippen LogP contribution in [0.25, 0.3) is 11.1 Å². The molecule has 10 heteroatoms. The Morgan fingerprint density at radius 2 is 2.00 bits per heavy atom. The summed E-state index contributed by atoms with van der Waals surface area (Å²) in [6.45, 7) is 5.36. The lowest BCUT2D eigenvalue weighted by atomic mass is 9.86. The number of hydrogen-bond donors (Lipinski definition) is 1. The standard InChI is InChI=1S/C19H18ClN5O2S.CHN/c1-10-6-12(13-7-16(20)22-9-15(13)27-2)14(8-21-10)17(26)23-19-25-24-18(28-19)11-4-3-5-11;1-2/h6-9,11H,3-5H2,1-2H3,(H,23,25,26);1H. The largest absolute Gasteiger partial charge is 0.494 e. The van der Waals surface area contributed by atoms with Crippen LogP contribution in [-0.4, -0.2) is 33.2 Å². The van der Waals surface area contributed by atoms with Crippen molar-refractivity contribution in [2.75, 3.05) is 12.4 Å². The normalized spacial score (nSPS) is 13.0. The minimum atomic E-state index is -0.311. The number of aromatic nitrogens is 4. The van der Waals surface area contributed by atoms with Crippen LogP contribution in [0.3, 0.4) is 0 Å². The second-order valence-electron chi connectivity index (χ2n) is 6.61. The molecule has 0 spiro atoms. The van der Waals surface area contributed by atoms with Gasteiger partial charge in [-0.3, -0.25) is 15.1 Å². The molecule has 4 rings (SSSR count). The van der Waals surface area contributed by atoms with Gasteiger partial charge in [0, 0.05) is 35.5 Å². The van der Waals surface area contributed by atoms with Gasteiger partial charge in [-0.1, -0.05) is 29.4 Å². The molecule has 0 unspecified atom stereocenters. The first-order valence-corrected chi connectivity index (χ1v) is 10.3. The van der Waals surface area contributed by atoms with Crippen LogP contribution in [0.2, 0.25) is 5.15 Å². The third-order valence-corrected chi connectivity index (χ3v) is 5.95. The number of carbonyl (C=O) groups excluding carboxylic acids is 1. The van der Waals surface area contributed by atoms with Crippen molar-refractivity contribution in [3.05, 3.63) is 45.9 Å². The molecule has 0 radical (unpaired) electrons. The molecule has 1 fully saturated rings. The molecule has 0 aromatic carbocycles. The number of nitriles is 1. The van der Waals surface area contributed by atoms with E-state index in [1.54, 1.807) is 19.4 Å². The Kier molecular flexibility index (Phi) is 6.92. The van der Waals surface area contributed by atoms with Crippen molar-refractivity contribution in [2.24, 2.45) is 0 Å². The van der Waals surface area contributed by atoms with Gasteiger partial charge in [0.1, 0.15) is 15.9 Å². The predicted molar refractivity (Wildman–Crippen MR) is 115 cm³/mol. The molecule has 1 aliphatic rings. The van der Waals surface area contributed by atoms with E-state index in [1.807, 2.05) is 13.0 Å². The Bertz CT molecular complexity index is 1080. The number of hydrogen-bond acceptors (Lipinski definition) is 8. The van der Waals surface area contributed by atoms with Gasteiger partial charge in [0.15, 0.2) is 0 Å². The minimum Gasteiger partial charge on any atom is -0.494 e. The van der Waals surface area contributed by atoms with Gasteiger partial charge in [0.25, 0.3) is 5.91 Å². The Morgan fingerprint density at radius 3 is 2.67 bits per heavy atom. The summed E-state index contributed by atoms with van der Waals surface area (Å²) in [4.78, 5) is 21.3. The van der Waals surface area contributed by atoms with Crippen LogP contribution >= 0.6 is 22.9 Å². The van der Waals surface area contributed by atoms with E-state index >= 15 is 0 Å². The van der Waals surface area contributed by atoms with Gasteiger partial charge in [0.05, 0.1) is 18.9 Å². The van der Waals surface area contributed by atoms with Gasteiger partial charge in [0.2, 0.25) is 5.13 Å². The molecule has 30 heavy (non-hydrogen) atoms. The maximum absolute atomic E-state index is 13.0. The molecule has 3 aromatic rings. The van der Waals surface area contributed by atoms with Gasteiger partial charge in [-0.15, -0.1) is 10.2 Å². The molecule has 1 aliphatic carbocycles. The summed E-state index contributed by atoms with van der Waals surface area (Å²) in [5, 5.41) is 19.4. The first kappa shape index (κ1) is 21.6. The molecule has 154 valence electrons. The Morgan fingerprint density at radius 1 is 1.23 bits per heavy atom. The number of amides is 1. The zero-order valence-electron chi connectivity index (χ0n) is 16.4. The summed E-state index contributed by atoms with van der Waals surface area (Å²) >= 11 is 7.50. The van der Waals surface area contributed by atoms with Crippen molar-refractivity contribution in [3.63, 3.8) is 0 Å². The molecule has 1 saturated carbocycles. The monoisotopic (exact) mass is 442 g/mol. The highest BCUT2D eigenvalue weighted by Gasteiger charge is 2.24. The molecule has 1 N–H and O–H groups in total. The highest BCUT2D eigenvalue weighted by molar-refractivity contribution is 7.15. The van der Waals surface area contributed by atoms with Crippen molar-refractivity contribution in [1.82, 2.24) is 20.2 Å². The number of ether oxygens (including phenoxy) is 1. The molecule has 0 aliphatic heterocycles. The average molecular weight is 443 g/mol. The summed E-state index contributed by atoms with van der Waals surface area (Å²) in [5.74, 6) is 0.684. The van der Waals surface area contributed by atoms with E-state index in [4.69, 9.17) is 21.6 Å². The van der Waals surface area contributed by atoms with E-state index in [1.165, 1.54) is 24.0 Å². The summed E-state index contributed by atoms with van der Waals surface area (Å²) in [7, 11) is 1.55. The SMILES string of the molecule is C#N.COc1cnc(Cl)cc1-c1cc(C)ncc1C(=O)Nc1nnc(C2CCC2)s1. The first-order chi connectivity index (χ1) is 14.5. The Labute approximate surface area is 182 Å². The lowest BCUT2D eigenvalue weighted by Gasteiger charge is -2.21. The highest BCUT2D eigenvalue weighted by Crippen LogP contribution is 2.39. The zero-order chi connectivity index (χ0) is 21.7. The number of rotatable bonds is 5. The van der Waals surface area contributed by atoms with E-state index in [0.717, 1.165) is 23.5 Å². The summed E-state index contributed by atoms with van der Waals surface area (Å²) in [6, 6.07) is 3.49. The van der Waals surface area contributed by atoms with E-state index in [0.29, 0.717) is 38.6 Å². The topological polar surface area (TPSA) is 114 Å². The molecule has 3 heterocycles. The number of aryl methyl sites for hydroxylation is 1. The Hall–Kier alpha value is -3.09. The second kappa shape index (κ2) is 9.61. The molecular formula is C20H19ClN6O2S. The van der Waals surface area contributed by atoms with E-state index in [-0.39, 0.29) is 5.91 Å². The van der Waals surface area contributed by atoms with Crippen LogP contribution in [0, 0.1) is 18.8 Å². The van der Waals surface area contributed by atoms with Gasteiger partial charge in [-0.2, -0.15) is 0 Å².